The highest BCUT2D eigenvalue weighted by Gasteiger charge is 2.11. The van der Waals surface area contributed by atoms with Crippen LogP contribution in [0.3, 0.4) is 0 Å². The van der Waals surface area contributed by atoms with Crippen LogP contribution < -0.4 is 5.73 Å². The van der Waals surface area contributed by atoms with Crippen molar-refractivity contribution in [1.82, 2.24) is 0 Å². The first-order valence-electron chi connectivity index (χ1n) is 4.39. The molecule has 84 valence electrons. The number of hydrogen-bond acceptors (Lipinski definition) is 2. The van der Waals surface area contributed by atoms with Gasteiger partial charge < -0.3 is 10.8 Å². The van der Waals surface area contributed by atoms with Crippen molar-refractivity contribution in [3.05, 3.63) is 41.7 Å². The lowest BCUT2D eigenvalue weighted by Crippen LogP contribution is -2.10. The Morgan fingerprint density at radius 3 is 2.73 bits per heavy atom. The molecule has 0 amide bonds. The predicted molar refractivity (Wildman–Crippen MR) is 61.7 cm³/mol. The minimum Gasteiger partial charge on any atom is -0.508 e. The van der Waals surface area contributed by atoms with Gasteiger partial charge in [-0.05, 0) is 31.5 Å². The Morgan fingerprint density at radius 1 is 1.60 bits per heavy atom. The topological polar surface area (TPSA) is 46.2 Å². The van der Waals surface area contributed by atoms with Crippen molar-refractivity contribution in [3.63, 3.8) is 0 Å². The molecule has 0 heterocycles. The highest BCUT2D eigenvalue weighted by atomic mass is 35.5. The highest BCUT2D eigenvalue weighted by Crippen LogP contribution is 2.26. The SMILES string of the molecule is C=C(C)C[C@H](N)c1cc(F)ccc1O.Cl. The normalized spacial score (nSPS) is 11.7. The third-order valence-corrected chi connectivity index (χ3v) is 1.96. The second-order valence-corrected chi connectivity index (χ2v) is 3.47. The lowest BCUT2D eigenvalue weighted by molar-refractivity contribution is 0.458. The molecule has 1 rings (SSSR count). The van der Waals surface area contributed by atoms with E-state index in [0.29, 0.717) is 12.0 Å². The summed E-state index contributed by atoms with van der Waals surface area (Å²) in [5, 5.41) is 9.44. The van der Waals surface area contributed by atoms with Gasteiger partial charge in [0.15, 0.2) is 0 Å². The predicted octanol–water partition coefficient (Wildman–Crippen LogP) is 2.92. The number of nitrogens with two attached hydrogens (primary N) is 1. The lowest BCUT2D eigenvalue weighted by atomic mass is 10.0. The van der Waals surface area contributed by atoms with Gasteiger partial charge in [-0.15, -0.1) is 19.0 Å². The maximum Gasteiger partial charge on any atom is 0.123 e. The zero-order valence-electron chi connectivity index (χ0n) is 8.53. The van der Waals surface area contributed by atoms with Crippen LogP contribution in [0.15, 0.2) is 30.4 Å². The molecular weight excluding hydrogens is 217 g/mol. The Balaban J connectivity index is 0.00000196. The van der Waals surface area contributed by atoms with Gasteiger partial charge in [0.05, 0.1) is 0 Å². The highest BCUT2D eigenvalue weighted by molar-refractivity contribution is 5.85. The van der Waals surface area contributed by atoms with Crippen molar-refractivity contribution in [2.45, 2.75) is 19.4 Å². The van der Waals surface area contributed by atoms with E-state index in [1.165, 1.54) is 18.2 Å². The van der Waals surface area contributed by atoms with Crippen LogP contribution in [0.25, 0.3) is 0 Å². The van der Waals surface area contributed by atoms with Crippen molar-refractivity contribution in [2.24, 2.45) is 5.73 Å². The fraction of sp³-hybridized carbons (Fsp3) is 0.273. The van der Waals surface area contributed by atoms with Crippen molar-refractivity contribution in [1.29, 1.82) is 0 Å². The van der Waals surface area contributed by atoms with E-state index in [2.05, 4.69) is 6.58 Å². The van der Waals surface area contributed by atoms with Crippen LogP contribution in [-0.4, -0.2) is 5.11 Å². The third-order valence-electron chi connectivity index (χ3n) is 1.96. The molecule has 2 nitrogen and oxygen atoms in total. The standard InChI is InChI=1S/C11H14FNO.ClH/c1-7(2)5-10(13)9-6-8(12)3-4-11(9)14;/h3-4,6,10,14H,1,5,13H2,2H3;1H/t10-;/m0./s1. The second kappa shape index (κ2) is 5.73. The summed E-state index contributed by atoms with van der Waals surface area (Å²) in [5.41, 5.74) is 7.11. The first kappa shape index (κ1) is 13.9. The van der Waals surface area contributed by atoms with Crippen LogP contribution in [0, 0.1) is 5.82 Å². The summed E-state index contributed by atoms with van der Waals surface area (Å²) < 4.78 is 12.9. The fourth-order valence-corrected chi connectivity index (χ4v) is 1.31. The Hall–Kier alpha value is -1.06. The summed E-state index contributed by atoms with van der Waals surface area (Å²) in [5.74, 6) is -0.366. The van der Waals surface area contributed by atoms with Crippen LogP contribution in [-0.2, 0) is 0 Å². The van der Waals surface area contributed by atoms with Crippen molar-refractivity contribution in [2.75, 3.05) is 0 Å². The molecule has 1 atom stereocenters. The molecule has 0 aliphatic carbocycles. The Labute approximate surface area is 95.0 Å². The lowest BCUT2D eigenvalue weighted by Gasteiger charge is -2.13. The van der Waals surface area contributed by atoms with Crippen LogP contribution in [0.1, 0.15) is 24.9 Å². The van der Waals surface area contributed by atoms with Crippen molar-refractivity contribution < 1.29 is 9.50 Å². The average Bonchev–Trinajstić information content (AvgIpc) is 2.08. The molecule has 0 aromatic heterocycles. The van der Waals surface area contributed by atoms with E-state index < -0.39 is 11.9 Å². The molecule has 0 fully saturated rings. The minimum absolute atomic E-state index is 0. The number of phenols is 1. The zero-order valence-corrected chi connectivity index (χ0v) is 9.35. The van der Waals surface area contributed by atoms with E-state index in [0.717, 1.165) is 5.57 Å². The van der Waals surface area contributed by atoms with E-state index in [1.54, 1.807) is 0 Å². The number of benzene rings is 1. The number of phenolic OH excluding ortho intramolecular Hbond substituents is 1. The van der Waals surface area contributed by atoms with Gasteiger partial charge in [-0.25, -0.2) is 4.39 Å². The van der Waals surface area contributed by atoms with Gasteiger partial charge in [-0.1, -0.05) is 5.57 Å². The quantitative estimate of drug-likeness (QED) is 0.786. The van der Waals surface area contributed by atoms with Gasteiger partial charge in [0.25, 0.3) is 0 Å². The van der Waals surface area contributed by atoms with Gasteiger partial charge in [0, 0.05) is 11.6 Å². The molecule has 0 spiro atoms. The monoisotopic (exact) mass is 231 g/mol. The second-order valence-electron chi connectivity index (χ2n) is 3.47. The van der Waals surface area contributed by atoms with Gasteiger partial charge in [0.2, 0.25) is 0 Å². The first-order valence-corrected chi connectivity index (χ1v) is 4.39. The van der Waals surface area contributed by atoms with Crippen molar-refractivity contribution in [3.8, 4) is 5.75 Å². The van der Waals surface area contributed by atoms with Crippen LogP contribution in [0.4, 0.5) is 4.39 Å². The number of halogens is 2. The zero-order chi connectivity index (χ0) is 10.7. The summed E-state index contributed by atoms with van der Waals surface area (Å²) in [6, 6.07) is 3.36. The van der Waals surface area contributed by atoms with E-state index >= 15 is 0 Å². The van der Waals surface area contributed by atoms with E-state index in [-0.39, 0.29) is 18.2 Å². The third kappa shape index (κ3) is 3.90. The number of rotatable bonds is 3. The fourth-order valence-electron chi connectivity index (χ4n) is 1.31. The van der Waals surface area contributed by atoms with E-state index in [4.69, 9.17) is 5.73 Å². The molecule has 1 aromatic carbocycles. The van der Waals surface area contributed by atoms with Gasteiger partial charge in [0.1, 0.15) is 11.6 Å². The van der Waals surface area contributed by atoms with Gasteiger partial charge >= 0.3 is 0 Å². The van der Waals surface area contributed by atoms with Crippen molar-refractivity contribution >= 4 is 12.4 Å². The van der Waals surface area contributed by atoms with Gasteiger partial charge in [-0.2, -0.15) is 0 Å². The maximum absolute atomic E-state index is 12.9. The summed E-state index contributed by atoms with van der Waals surface area (Å²) in [4.78, 5) is 0. The molecule has 3 N–H and O–H groups in total. The summed E-state index contributed by atoms with van der Waals surface area (Å²) in [7, 11) is 0. The molecule has 0 unspecified atom stereocenters. The molecule has 0 saturated carbocycles. The Morgan fingerprint density at radius 2 is 2.20 bits per heavy atom. The Kier molecular flexibility index (Phi) is 5.33. The van der Waals surface area contributed by atoms with Crippen LogP contribution in [0.5, 0.6) is 5.75 Å². The smallest absolute Gasteiger partial charge is 0.123 e. The van der Waals surface area contributed by atoms with E-state index in [1.807, 2.05) is 6.92 Å². The molecule has 4 heteroatoms. The molecule has 0 aliphatic heterocycles. The van der Waals surface area contributed by atoms with Crippen LogP contribution in [0.2, 0.25) is 0 Å². The van der Waals surface area contributed by atoms with Gasteiger partial charge in [-0.3, -0.25) is 0 Å². The maximum atomic E-state index is 12.9. The summed E-state index contributed by atoms with van der Waals surface area (Å²) in [6.45, 7) is 5.56. The first-order chi connectivity index (χ1) is 6.50. The molecule has 15 heavy (non-hydrogen) atoms. The largest absolute Gasteiger partial charge is 0.508 e. The molecule has 1 aromatic rings. The number of hydrogen-bond donors (Lipinski definition) is 2. The minimum atomic E-state index is -0.400. The van der Waals surface area contributed by atoms with Crippen LogP contribution >= 0.6 is 12.4 Å². The molecule has 0 radical (unpaired) electrons. The molecular formula is C11H15ClFNO. The average molecular weight is 232 g/mol. The molecule has 0 aliphatic rings. The Bertz CT molecular complexity index is 354. The number of aromatic hydroxyl groups is 1. The summed E-state index contributed by atoms with van der Waals surface area (Å²) >= 11 is 0. The molecule has 0 saturated heterocycles. The summed E-state index contributed by atoms with van der Waals surface area (Å²) in [6.07, 6.45) is 0.539. The van der Waals surface area contributed by atoms with E-state index in [9.17, 15) is 9.50 Å². The molecule has 0 bridgehead atoms.